The zero-order valence-corrected chi connectivity index (χ0v) is 12.6. The molecular weight excluding hydrogens is 312 g/mol. The molecule has 1 heterocycles. The van der Waals surface area contributed by atoms with Crippen LogP contribution in [0.3, 0.4) is 0 Å². The van der Waals surface area contributed by atoms with Crippen molar-refractivity contribution in [1.82, 2.24) is 0 Å². The van der Waals surface area contributed by atoms with Crippen molar-refractivity contribution in [3.05, 3.63) is 29.3 Å². The number of rotatable bonds is 2. The number of carbonyl (C=O) groups excluding carboxylic acids is 1. The first-order chi connectivity index (χ1) is 10.4. The monoisotopic (exact) mass is 325 g/mol. The van der Waals surface area contributed by atoms with Gasteiger partial charge in [-0.1, -0.05) is 18.1 Å². The standard InChI is InChI=1S/C16H14ClF2NO2/c1-15(18,19)16(7-6-10-2-3-10)12-5-4-11(9-17)8-13(12)20-14(21)22-16/h4-5,8,10H,2-3,9H2,1H3,(H,20,21)/t16-/m0/s1. The Labute approximate surface area is 132 Å². The number of alkyl halides is 3. The van der Waals surface area contributed by atoms with Crippen LogP contribution in [0.1, 0.15) is 30.9 Å². The van der Waals surface area contributed by atoms with Crippen LogP contribution in [0, 0.1) is 17.8 Å². The number of cyclic esters (lactones) is 1. The number of halogens is 3. The summed E-state index contributed by atoms with van der Waals surface area (Å²) in [5.74, 6) is 2.33. The molecule has 3 rings (SSSR count). The minimum absolute atomic E-state index is 0.110. The van der Waals surface area contributed by atoms with Crippen molar-refractivity contribution in [1.29, 1.82) is 0 Å². The van der Waals surface area contributed by atoms with Gasteiger partial charge in [-0.25, -0.2) is 13.6 Å². The Hall–Kier alpha value is -1.80. The number of carbonyl (C=O) groups is 1. The van der Waals surface area contributed by atoms with Crippen molar-refractivity contribution in [3.8, 4) is 11.8 Å². The number of hydrogen-bond donors (Lipinski definition) is 1. The summed E-state index contributed by atoms with van der Waals surface area (Å²) in [6.45, 7) is 0.715. The quantitative estimate of drug-likeness (QED) is 0.652. The maximum Gasteiger partial charge on any atom is 0.413 e. The molecule has 0 aromatic heterocycles. The molecule has 1 aliphatic carbocycles. The van der Waals surface area contributed by atoms with Crippen LogP contribution >= 0.6 is 11.6 Å². The van der Waals surface area contributed by atoms with E-state index in [1.165, 1.54) is 6.07 Å². The second kappa shape index (κ2) is 5.13. The van der Waals surface area contributed by atoms with Crippen LogP contribution in [0.4, 0.5) is 19.3 Å². The summed E-state index contributed by atoms with van der Waals surface area (Å²) in [7, 11) is 0. The highest BCUT2D eigenvalue weighted by atomic mass is 35.5. The van der Waals surface area contributed by atoms with E-state index in [0.29, 0.717) is 12.5 Å². The maximum atomic E-state index is 14.3. The molecule has 1 aromatic carbocycles. The fraction of sp³-hybridized carbons (Fsp3) is 0.438. The van der Waals surface area contributed by atoms with Gasteiger partial charge in [0.25, 0.3) is 11.5 Å². The van der Waals surface area contributed by atoms with E-state index < -0.39 is 17.6 Å². The third-order valence-corrected chi connectivity index (χ3v) is 4.06. The maximum absolute atomic E-state index is 14.3. The average molecular weight is 326 g/mol. The van der Waals surface area contributed by atoms with Crippen molar-refractivity contribution in [2.24, 2.45) is 5.92 Å². The Balaban J connectivity index is 2.18. The Kier molecular flexibility index (Phi) is 3.53. The summed E-state index contributed by atoms with van der Waals surface area (Å²) >= 11 is 5.76. The third-order valence-electron chi connectivity index (χ3n) is 3.75. The van der Waals surface area contributed by atoms with E-state index in [2.05, 4.69) is 17.2 Å². The Morgan fingerprint density at radius 1 is 1.50 bits per heavy atom. The molecule has 0 unspecified atom stereocenters. The van der Waals surface area contributed by atoms with Gasteiger partial charge in [0.05, 0.1) is 5.69 Å². The third kappa shape index (κ3) is 2.52. The van der Waals surface area contributed by atoms with E-state index in [4.69, 9.17) is 16.3 Å². The highest BCUT2D eigenvalue weighted by Gasteiger charge is 2.57. The highest BCUT2D eigenvalue weighted by Crippen LogP contribution is 2.46. The predicted molar refractivity (Wildman–Crippen MR) is 78.9 cm³/mol. The van der Waals surface area contributed by atoms with Gasteiger partial charge in [0.15, 0.2) is 0 Å². The fourth-order valence-electron chi connectivity index (χ4n) is 2.37. The molecule has 1 aliphatic heterocycles. The molecule has 1 saturated carbocycles. The second-order valence-corrected chi connectivity index (χ2v) is 5.91. The van der Waals surface area contributed by atoms with Crippen LogP contribution in [0.15, 0.2) is 18.2 Å². The van der Waals surface area contributed by atoms with Gasteiger partial charge in [-0.05, 0) is 30.4 Å². The summed E-state index contributed by atoms with van der Waals surface area (Å²) in [5.41, 5.74) is -1.13. The first kappa shape index (κ1) is 15.1. The smallest absolute Gasteiger partial charge is 0.413 e. The minimum Gasteiger partial charge on any atom is -0.418 e. The van der Waals surface area contributed by atoms with Crippen molar-refractivity contribution >= 4 is 23.4 Å². The van der Waals surface area contributed by atoms with E-state index in [9.17, 15) is 13.6 Å². The van der Waals surface area contributed by atoms with Crippen LogP contribution in [0.2, 0.25) is 0 Å². The molecule has 1 aromatic rings. The Morgan fingerprint density at radius 3 is 2.82 bits per heavy atom. The van der Waals surface area contributed by atoms with Gasteiger partial charge in [-0.2, -0.15) is 0 Å². The number of fused-ring (bicyclic) bond motifs is 1. The molecular formula is C16H14ClF2NO2. The molecule has 116 valence electrons. The van der Waals surface area contributed by atoms with Crippen LogP contribution in [0.25, 0.3) is 0 Å². The number of amides is 1. The van der Waals surface area contributed by atoms with E-state index in [1.807, 2.05) is 0 Å². The summed E-state index contributed by atoms with van der Waals surface area (Å²) in [4.78, 5) is 11.8. The molecule has 1 amide bonds. The second-order valence-electron chi connectivity index (χ2n) is 5.64. The molecule has 0 saturated heterocycles. The number of nitrogens with one attached hydrogen (secondary N) is 1. The van der Waals surface area contributed by atoms with Gasteiger partial charge in [0, 0.05) is 24.3 Å². The number of anilines is 1. The SMILES string of the molecule is CC(F)(F)[C@@]1(C#CC2CC2)OC(=O)Nc2cc(CCl)ccc21. The van der Waals surface area contributed by atoms with Gasteiger partial charge >= 0.3 is 6.09 Å². The van der Waals surface area contributed by atoms with E-state index in [0.717, 1.165) is 12.8 Å². The van der Waals surface area contributed by atoms with Gasteiger partial charge in [0.1, 0.15) is 0 Å². The number of hydrogen-bond acceptors (Lipinski definition) is 2. The Bertz CT molecular complexity index is 686. The van der Waals surface area contributed by atoms with Crippen molar-refractivity contribution in [3.63, 3.8) is 0 Å². The first-order valence-corrected chi connectivity index (χ1v) is 7.49. The van der Waals surface area contributed by atoms with E-state index in [-0.39, 0.29) is 23.0 Å². The largest absolute Gasteiger partial charge is 0.418 e. The summed E-state index contributed by atoms with van der Waals surface area (Å²) in [5, 5.41) is 2.44. The van der Waals surface area contributed by atoms with Crippen LogP contribution < -0.4 is 5.32 Å². The van der Waals surface area contributed by atoms with Crippen molar-refractivity contribution in [2.75, 3.05) is 5.32 Å². The van der Waals surface area contributed by atoms with Gasteiger partial charge < -0.3 is 4.74 Å². The number of ether oxygens (including phenoxy) is 1. The summed E-state index contributed by atoms with van der Waals surface area (Å²) in [6.07, 6.45) is 0.844. The summed E-state index contributed by atoms with van der Waals surface area (Å²) in [6, 6.07) is 4.69. The number of benzene rings is 1. The predicted octanol–water partition coefficient (Wildman–Crippen LogP) is 4.25. The van der Waals surface area contributed by atoms with Gasteiger partial charge in [-0.3, -0.25) is 5.32 Å². The zero-order chi connectivity index (χ0) is 16.0. The first-order valence-electron chi connectivity index (χ1n) is 6.95. The molecule has 22 heavy (non-hydrogen) atoms. The van der Waals surface area contributed by atoms with Crippen LogP contribution in [-0.4, -0.2) is 12.0 Å². The Morgan fingerprint density at radius 2 is 2.23 bits per heavy atom. The lowest BCUT2D eigenvalue weighted by Crippen LogP contribution is -2.50. The molecule has 1 N–H and O–H groups in total. The topological polar surface area (TPSA) is 38.3 Å². The van der Waals surface area contributed by atoms with Crippen LogP contribution in [0.5, 0.6) is 0 Å². The zero-order valence-electron chi connectivity index (χ0n) is 11.9. The summed E-state index contributed by atoms with van der Waals surface area (Å²) < 4.78 is 33.7. The minimum atomic E-state index is -3.34. The van der Waals surface area contributed by atoms with E-state index in [1.54, 1.807) is 12.1 Å². The molecule has 2 aliphatic rings. The lowest BCUT2D eigenvalue weighted by atomic mass is 9.85. The van der Waals surface area contributed by atoms with Crippen molar-refractivity contribution in [2.45, 2.75) is 37.2 Å². The highest BCUT2D eigenvalue weighted by molar-refractivity contribution is 6.17. The van der Waals surface area contributed by atoms with Crippen LogP contribution in [-0.2, 0) is 16.2 Å². The normalized spacial score (nSPS) is 23.7. The van der Waals surface area contributed by atoms with E-state index >= 15 is 0 Å². The lowest BCUT2D eigenvalue weighted by Gasteiger charge is -2.38. The molecule has 0 bridgehead atoms. The molecule has 0 spiro atoms. The molecule has 0 radical (unpaired) electrons. The fourth-order valence-corrected chi connectivity index (χ4v) is 2.54. The van der Waals surface area contributed by atoms with Gasteiger partial charge in [0.2, 0.25) is 0 Å². The lowest BCUT2D eigenvalue weighted by molar-refractivity contribution is -0.142. The molecule has 6 heteroatoms. The van der Waals surface area contributed by atoms with Crippen molar-refractivity contribution < 1.29 is 18.3 Å². The van der Waals surface area contributed by atoms with Gasteiger partial charge in [-0.15, -0.1) is 11.6 Å². The molecule has 1 fully saturated rings. The molecule has 1 atom stereocenters. The average Bonchev–Trinajstić information content (AvgIpc) is 3.26. The molecule has 3 nitrogen and oxygen atoms in total.